The Morgan fingerprint density at radius 1 is 1.11 bits per heavy atom. The number of alkyl halides is 2. The lowest BCUT2D eigenvalue weighted by Crippen LogP contribution is -1.95. The zero-order chi connectivity index (χ0) is 16.1. The minimum atomic E-state index is -0.211. The lowest BCUT2D eigenvalue weighted by molar-refractivity contribution is -0.140. The summed E-state index contributed by atoms with van der Waals surface area (Å²) in [6, 6.07) is 0. The van der Waals surface area contributed by atoms with Gasteiger partial charge in [0.15, 0.2) is 0 Å². The fraction of sp³-hybridized carbons (Fsp3) is 0.929. The summed E-state index contributed by atoms with van der Waals surface area (Å²) in [5.74, 6) is -0.211. The van der Waals surface area contributed by atoms with Gasteiger partial charge in [-0.1, -0.05) is 39.5 Å². The van der Waals surface area contributed by atoms with Crippen LogP contribution < -0.4 is 0 Å². The molecule has 120 valence electrons. The molecule has 0 heterocycles. The van der Waals surface area contributed by atoms with Crippen molar-refractivity contribution in [3.05, 3.63) is 0 Å². The van der Waals surface area contributed by atoms with Crippen LogP contribution in [0.5, 0.6) is 0 Å². The smallest absolute Gasteiger partial charge is 0.302 e. The van der Waals surface area contributed by atoms with Crippen molar-refractivity contribution in [3.63, 3.8) is 0 Å². The lowest BCUT2D eigenvalue weighted by Gasteiger charge is -1.89. The number of aliphatic hydroxyl groups is 1. The maximum atomic E-state index is 9.82. The summed E-state index contributed by atoms with van der Waals surface area (Å²) in [6.07, 6.45) is 5.37. The third-order valence-electron chi connectivity index (χ3n) is 1.30. The first-order chi connectivity index (χ1) is 8.83. The molecule has 0 radical (unpaired) electrons. The Hall–Kier alpha value is 0.01000. The molecule has 19 heavy (non-hydrogen) atoms. The first kappa shape index (κ1) is 27.4. The SMILES string of the molecule is CC(C)O.CCCCCC.CCOC(C)=O.ClCCl. The Labute approximate surface area is 129 Å². The van der Waals surface area contributed by atoms with E-state index in [1.165, 1.54) is 32.6 Å². The molecule has 0 atom stereocenters. The van der Waals surface area contributed by atoms with Crippen LogP contribution in [-0.2, 0) is 9.53 Å². The number of hydrogen-bond acceptors (Lipinski definition) is 3. The van der Waals surface area contributed by atoms with Crippen molar-refractivity contribution < 1.29 is 14.6 Å². The Kier molecular flexibility index (Phi) is 44.3. The molecular weight excluding hydrogens is 287 g/mol. The largest absolute Gasteiger partial charge is 0.466 e. The van der Waals surface area contributed by atoms with E-state index in [0.717, 1.165) is 0 Å². The number of unbranched alkanes of at least 4 members (excludes halogenated alkanes) is 3. The second-order valence-corrected chi connectivity index (χ2v) is 4.63. The van der Waals surface area contributed by atoms with Crippen LogP contribution in [0, 0.1) is 0 Å². The van der Waals surface area contributed by atoms with E-state index in [9.17, 15) is 4.79 Å². The lowest BCUT2D eigenvalue weighted by atomic mass is 10.2. The average Bonchev–Trinajstić information content (AvgIpc) is 2.27. The van der Waals surface area contributed by atoms with Gasteiger partial charge in [0.2, 0.25) is 0 Å². The highest BCUT2D eigenvalue weighted by atomic mass is 35.5. The average molecular weight is 319 g/mol. The Morgan fingerprint density at radius 3 is 1.42 bits per heavy atom. The van der Waals surface area contributed by atoms with E-state index in [-0.39, 0.29) is 17.4 Å². The Bertz CT molecular complexity index is 136. The van der Waals surface area contributed by atoms with Gasteiger partial charge in [0.25, 0.3) is 0 Å². The number of ether oxygens (including phenoxy) is 1. The molecule has 0 saturated heterocycles. The summed E-state index contributed by atoms with van der Waals surface area (Å²) in [4.78, 5) is 9.82. The number of aliphatic hydroxyl groups excluding tert-OH is 1. The van der Waals surface area contributed by atoms with Gasteiger partial charge in [-0.3, -0.25) is 4.79 Å². The quantitative estimate of drug-likeness (QED) is 0.452. The second kappa shape index (κ2) is 30.8. The maximum Gasteiger partial charge on any atom is 0.302 e. The fourth-order valence-electron chi connectivity index (χ4n) is 0.703. The van der Waals surface area contributed by atoms with Crippen LogP contribution in [0.25, 0.3) is 0 Å². The molecule has 0 rings (SSSR count). The zero-order valence-corrected chi connectivity index (χ0v) is 14.9. The standard InChI is InChI=1S/C6H14.C4H8O2.C3H8O.CH2Cl2/c1-3-5-6-4-2;1-3-6-4(2)5;1-3(2)4;2-1-3/h3-6H2,1-2H3;3H2,1-2H3;3-4H,1-2H3;1H2. The molecule has 0 unspecified atom stereocenters. The zero-order valence-electron chi connectivity index (χ0n) is 13.3. The second-order valence-electron chi connectivity index (χ2n) is 3.83. The van der Waals surface area contributed by atoms with Crippen LogP contribution in [0.4, 0.5) is 0 Å². The predicted molar refractivity (Wildman–Crippen MR) is 86.1 cm³/mol. The molecule has 0 aromatic heterocycles. The predicted octanol–water partition coefficient (Wildman–Crippen LogP) is 4.96. The van der Waals surface area contributed by atoms with Crippen molar-refractivity contribution in [2.75, 3.05) is 11.9 Å². The first-order valence-corrected chi connectivity index (χ1v) is 7.83. The summed E-state index contributed by atoms with van der Waals surface area (Å²) in [7, 11) is 0. The third-order valence-corrected chi connectivity index (χ3v) is 1.30. The van der Waals surface area contributed by atoms with E-state index in [0.29, 0.717) is 6.61 Å². The molecule has 0 aromatic rings. The Balaban J connectivity index is -0.0000000821. The van der Waals surface area contributed by atoms with E-state index in [2.05, 4.69) is 18.6 Å². The van der Waals surface area contributed by atoms with Gasteiger partial charge < -0.3 is 9.84 Å². The summed E-state index contributed by atoms with van der Waals surface area (Å²) in [5, 5.41) is 8.25. The third kappa shape index (κ3) is 128. The summed E-state index contributed by atoms with van der Waals surface area (Å²) in [6.45, 7) is 11.6. The van der Waals surface area contributed by atoms with Crippen molar-refractivity contribution in [1.82, 2.24) is 0 Å². The fourth-order valence-corrected chi connectivity index (χ4v) is 0.703. The van der Waals surface area contributed by atoms with E-state index in [1.54, 1.807) is 20.8 Å². The van der Waals surface area contributed by atoms with Crippen LogP contribution in [0.15, 0.2) is 0 Å². The summed E-state index contributed by atoms with van der Waals surface area (Å²) < 4.78 is 4.40. The molecule has 0 fully saturated rings. The van der Waals surface area contributed by atoms with E-state index in [4.69, 9.17) is 28.3 Å². The minimum absolute atomic E-state index is 0.167. The van der Waals surface area contributed by atoms with Crippen molar-refractivity contribution >= 4 is 29.2 Å². The highest BCUT2D eigenvalue weighted by molar-refractivity contribution is 6.40. The number of esters is 1. The number of halogens is 2. The molecule has 0 aliphatic carbocycles. The number of carbonyl (C=O) groups excluding carboxylic acids is 1. The van der Waals surface area contributed by atoms with Crippen LogP contribution in [0.2, 0.25) is 0 Å². The highest BCUT2D eigenvalue weighted by Crippen LogP contribution is 1.95. The Morgan fingerprint density at radius 2 is 1.37 bits per heavy atom. The van der Waals surface area contributed by atoms with Gasteiger partial charge in [-0.2, -0.15) is 0 Å². The first-order valence-electron chi connectivity index (χ1n) is 6.77. The van der Waals surface area contributed by atoms with Crippen molar-refractivity contribution in [1.29, 1.82) is 0 Å². The number of hydrogen-bond donors (Lipinski definition) is 1. The molecule has 0 aromatic carbocycles. The van der Waals surface area contributed by atoms with Crippen LogP contribution in [0.1, 0.15) is 67.2 Å². The van der Waals surface area contributed by atoms with Crippen molar-refractivity contribution in [2.45, 2.75) is 73.3 Å². The summed E-state index contributed by atoms with van der Waals surface area (Å²) >= 11 is 9.53. The molecule has 1 N–H and O–H groups in total. The van der Waals surface area contributed by atoms with Gasteiger partial charge in [-0.15, -0.1) is 23.2 Å². The molecule has 0 spiro atoms. The molecular formula is C14H32Cl2O3. The van der Waals surface area contributed by atoms with Crippen molar-refractivity contribution in [3.8, 4) is 0 Å². The van der Waals surface area contributed by atoms with E-state index >= 15 is 0 Å². The van der Waals surface area contributed by atoms with Gasteiger partial charge in [0, 0.05) is 13.0 Å². The van der Waals surface area contributed by atoms with E-state index in [1.807, 2.05) is 0 Å². The van der Waals surface area contributed by atoms with Crippen LogP contribution in [-0.4, -0.2) is 29.1 Å². The molecule has 0 aliphatic rings. The summed E-state index contributed by atoms with van der Waals surface area (Å²) in [5.41, 5.74) is 0. The van der Waals surface area contributed by atoms with E-state index < -0.39 is 0 Å². The molecule has 0 saturated carbocycles. The number of rotatable bonds is 4. The van der Waals surface area contributed by atoms with Crippen molar-refractivity contribution in [2.24, 2.45) is 0 Å². The van der Waals surface area contributed by atoms with Gasteiger partial charge in [-0.25, -0.2) is 0 Å². The molecule has 0 bridgehead atoms. The van der Waals surface area contributed by atoms with Gasteiger partial charge in [0.1, 0.15) is 0 Å². The maximum absolute atomic E-state index is 9.82. The molecule has 3 nitrogen and oxygen atoms in total. The highest BCUT2D eigenvalue weighted by Gasteiger charge is 1.81. The van der Waals surface area contributed by atoms with Crippen LogP contribution >= 0.6 is 23.2 Å². The van der Waals surface area contributed by atoms with Crippen LogP contribution in [0.3, 0.4) is 0 Å². The minimum Gasteiger partial charge on any atom is -0.466 e. The molecule has 0 aliphatic heterocycles. The molecule has 5 heteroatoms. The molecule has 0 amide bonds. The topological polar surface area (TPSA) is 46.5 Å². The number of carbonyl (C=O) groups is 1. The van der Waals surface area contributed by atoms with Gasteiger partial charge in [0.05, 0.1) is 11.9 Å². The monoisotopic (exact) mass is 318 g/mol. The normalized spacial score (nSPS) is 8.11. The van der Waals surface area contributed by atoms with Gasteiger partial charge in [-0.05, 0) is 20.8 Å². The van der Waals surface area contributed by atoms with Gasteiger partial charge >= 0.3 is 5.97 Å².